The van der Waals surface area contributed by atoms with Gasteiger partial charge >= 0.3 is 0 Å². The minimum atomic E-state index is -3.97. The van der Waals surface area contributed by atoms with Crippen molar-refractivity contribution in [3.05, 3.63) is 64.7 Å². The Morgan fingerprint density at radius 3 is 2.42 bits per heavy atom. The summed E-state index contributed by atoms with van der Waals surface area (Å²) in [7, 11) is -3.97. The average molecular weight is 492 g/mol. The van der Waals surface area contributed by atoms with E-state index in [-0.39, 0.29) is 23.3 Å². The van der Waals surface area contributed by atoms with Gasteiger partial charge in [0.15, 0.2) is 0 Å². The lowest BCUT2D eigenvalue weighted by Crippen LogP contribution is -2.48. The highest BCUT2D eigenvalue weighted by Gasteiger charge is 2.36. The van der Waals surface area contributed by atoms with Crippen LogP contribution in [0.25, 0.3) is 0 Å². The minimum Gasteiger partial charge on any atom is -0.355 e. The van der Waals surface area contributed by atoms with Crippen molar-refractivity contribution in [3.8, 4) is 0 Å². The van der Waals surface area contributed by atoms with Gasteiger partial charge in [-0.25, -0.2) is 8.42 Å². The first-order chi connectivity index (χ1) is 15.7. The molecule has 0 aliphatic carbocycles. The molecule has 0 radical (unpaired) electrons. The molecular formula is C24H30ClN3O4S. The van der Waals surface area contributed by atoms with Gasteiger partial charge in [0, 0.05) is 30.2 Å². The summed E-state index contributed by atoms with van der Waals surface area (Å²) in [6.45, 7) is 5.15. The zero-order valence-electron chi connectivity index (χ0n) is 18.9. The van der Waals surface area contributed by atoms with Gasteiger partial charge in [-0.15, -0.1) is 0 Å². The lowest BCUT2D eigenvalue weighted by Gasteiger charge is -2.29. The Kier molecular flexibility index (Phi) is 8.51. The molecule has 1 aliphatic heterocycles. The first-order valence-electron chi connectivity index (χ1n) is 11.1. The van der Waals surface area contributed by atoms with Crippen molar-refractivity contribution >= 4 is 33.4 Å². The molecular weight excluding hydrogens is 462 g/mol. The monoisotopic (exact) mass is 491 g/mol. The van der Waals surface area contributed by atoms with Crippen molar-refractivity contribution in [2.24, 2.45) is 5.92 Å². The highest BCUT2D eigenvalue weighted by atomic mass is 35.5. The second-order valence-electron chi connectivity index (χ2n) is 8.61. The second-order valence-corrected chi connectivity index (χ2v) is 10.9. The van der Waals surface area contributed by atoms with E-state index in [1.54, 1.807) is 24.3 Å². The fraction of sp³-hybridized carbons (Fsp3) is 0.417. The molecule has 0 spiro atoms. The van der Waals surface area contributed by atoms with Crippen LogP contribution in [0, 0.1) is 5.92 Å². The maximum atomic E-state index is 13.6. The highest BCUT2D eigenvalue weighted by molar-refractivity contribution is 7.89. The standard InChI is InChI=1S/C24H30ClN3O4S/c1-17(2)15-27-23(29)19-8-6-18(7-9-19)16-28(22-5-3-4-14-26-24(22)30)33(31,32)21-12-10-20(25)11-13-21/h6-13,17,22H,3-5,14-16H2,1-2H3,(H,26,30)(H,27,29)/t22-/m1/s1. The van der Waals surface area contributed by atoms with Gasteiger partial charge in [0.05, 0.1) is 4.90 Å². The molecule has 0 bridgehead atoms. The molecule has 9 heteroatoms. The molecule has 7 nitrogen and oxygen atoms in total. The average Bonchev–Trinajstić information content (AvgIpc) is 3.00. The summed E-state index contributed by atoms with van der Waals surface area (Å²) in [5.41, 5.74) is 1.18. The van der Waals surface area contributed by atoms with Crippen LogP contribution in [0.2, 0.25) is 5.02 Å². The van der Waals surface area contributed by atoms with Gasteiger partial charge in [0.25, 0.3) is 5.91 Å². The molecule has 33 heavy (non-hydrogen) atoms. The van der Waals surface area contributed by atoms with Crippen molar-refractivity contribution in [2.75, 3.05) is 13.1 Å². The normalized spacial score (nSPS) is 17.0. The Morgan fingerprint density at radius 1 is 1.12 bits per heavy atom. The smallest absolute Gasteiger partial charge is 0.251 e. The third-order valence-electron chi connectivity index (χ3n) is 5.50. The summed E-state index contributed by atoms with van der Waals surface area (Å²) in [5.74, 6) is -0.135. The third-order valence-corrected chi connectivity index (χ3v) is 7.62. The van der Waals surface area contributed by atoms with Gasteiger partial charge in [-0.1, -0.05) is 37.6 Å². The van der Waals surface area contributed by atoms with E-state index >= 15 is 0 Å². The van der Waals surface area contributed by atoms with Gasteiger partial charge in [-0.05, 0) is 67.1 Å². The maximum absolute atomic E-state index is 13.6. The first kappa shape index (κ1) is 25.2. The zero-order valence-corrected chi connectivity index (χ0v) is 20.5. The maximum Gasteiger partial charge on any atom is 0.251 e. The lowest BCUT2D eigenvalue weighted by atomic mass is 10.1. The van der Waals surface area contributed by atoms with E-state index in [2.05, 4.69) is 10.6 Å². The molecule has 2 aromatic rings. The third kappa shape index (κ3) is 6.56. The summed E-state index contributed by atoms with van der Waals surface area (Å²) >= 11 is 5.94. The summed E-state index contributed by atoms with van der Waals surface area (Å²) in [6, 6.07) is 11.9. The molecule has 1 saturated heterocycles. The highest BCUT2D eigenvalue weighted by Crippen LogP contribution is 2.26. The van der Waals surface area contributed by atoms with Gasteiger partial charge < -0.3 is 10.6 Å². The molecule has 1 heterocycles. The number of hydrogen-bond acceptors (Lipinski definition) is 4. The summed E-state index contributed by atoms with van der Waals surface area (Å²) in [5, 5.41) is 6.12. The summed E-state index contributed by atoms with van der Waals surface area (Å²) in [4.78, 5) is 25.1. The Morgan fingerprint density at radius 2 is 1.79 bits per heavy atom. The molecule has 2 aromatic carbocycles. The zero-order chi connectivity index (χ0) is 24.0. The fourth-order valence-electron chi connectivity index (χ4n) is 3.64. The quantitative estimate of drug-likeness (QED) is 0.590. The molecule has 0 saturated carbocycles. The van der Waals surface area contributed by atoms with Crippen LogP contribution < -0.4 is 10.6 Å². The molecule has 178 valence electrons. The number of sulfonamides is 1. The minimum absolute atomic E-state index is 0.0109. The Labute approximate surface area is 200 Å². The Balaban J connectivity index is 1.89. The van der Waals surface area contributed by atoms with Crippen molar-refractivity contribution in [2.45, 2.75) is 50.6 Å². The topological polar surface area (TPSA) is 95.6 Å². The van der Waals surface area contributed by atoms with E-state index in [0.29, 0.717) is 41.6 Å². The van der Waals surface area contributed by atoms with Crippen LogP contribution in [0.3, 0.4) is 0 Å². The van der Waals surface area contributed by atoms with Crippen LogP contribution in [0.4, 0.5) is 0 Å². The summed E-state index contributed by atoms with van der Waals surface area (Å²) in [6.07, 6.45) is 1.98. The van der Waals surface area contributed by atoms with E-state index in [1.165, 1.54) is 28.6 Å². The van der Waals surface area contributed by atoms with E-state index in [9.17, 15) is 18.0 Å². The number of carbonyl (C=O) groups is 2. The Bertz CT molecular complexity index is 1070. The van der Waals surface area contributed by atoms with E-state index in [0.717, 1.165) is 12.8 Å². The molecule has 1 atom stereocenters. The number of rotatable bonds is 8. The number of hydrogen-bond donors (Lipinski definition) is 2. The van der Waals surface area contributed by atoms with Crippen LogP contribution in [0.15, 0.2) is 53.4 Å². The Hall–Kier alpha value is -2.42. The molecule has 3 rings (SSSR count). The van der Waals surface area contributed by atoms with Gasteiger partial charge in [-0.2, -0.15) is 4.31 Å². The number of nitrogens with zero attached hydrogens (tertiary/aromatic N) is 1. The molecule has 2 amide bonds. The van der Waals surface area contributed by atoms with Crippen LogP contribution in [-0.2, 0) is 21.4 Å². The number of amides is 2. The van der Waals surface area contributed by atoms with Crippen molar-refractivity contribution < 1.29 is 18.0 Å². The second kappa shape index (κ2) is 11.1. The summed E-state index contributed by atoms with van der Waals surface area (Å²) < 4.78 is 28.4. The molecule has 1 aliphatic rings. The number of nitrogens with one attached hydrogen (secondary N) is 2. The molecule has 0 unspecified atom stereocenters. The van der Waals surface area contributed by atoms with Crippen LogP contribution in [0.5, 0.6) is 0 Å². The van der Waals surface area contributed by atoms with Crippen LogP contribution >= 0.6 is 11.6 Å². The van der Waals surface area contributed by atoms with Gasteiger partial charge in [0.2, 0.25) is 15.9 Å². The number of halogens is 1. The largest absolute Gasteiger partial charge is 0.355 e. The molecule has 0 aromatic heterocycles. The lowest BCUT2D eigenvalue weighted by molar-refractivity contribution is -0.124. The van der Waals surface area contributed by atoms with E-state index < -0.39 is 16.1 Å². The van der Waals surface area contributed by atoms with E-state index in [1.807, 2.05) is 13.8 Å². The fourth-order valence-corrected chi connectivity index (χ4v) is 5.37. The van der Waals surface area contributed by atoms with Gasteiger partial charge in [0.1, 0.15) is 6.04 Å². The molecule has 1 fully saturated rings. The van der Waals surface area contributed by atoms with Crippen molar-refractivity contribution in [3.63, 3.8) is 0 Å². The predicted molar refractivity (Wildman–Crippen MR) is 128 cm³/mol. The van der Waals surface area contributed by atoms with Crippen LogP contribution in [-0.4, -0.2) is 43.7 Å². The molecule has 2 N–H and O–H groups in total. The SMILES string of the molecule is CC(C)CNC(=O)c1ccc(CN([C@@H]2CCCCNC2=O)S(=O)(=O)c2ccc(Cl)cc2)cc1. The van der Waals surface area contributed by atoms with Crippen molar-refractivity contribution in [1.29, 1.82) is 0 Å². The number of benzene rings is 2. The van der Waals surface area contributed by atoms with E-state index in [4.69, 9.17) is 11.6 Å². The van der Waals surface area contributed by atoms with Gasteiger partial charge in [-0.3, -0.25) is 9.59 Å². The number of carbonyl (C=O) groups excluding carboxylic acids is 2. The van der Waals surface area contributed by atoms with Crippen LogP contribution in [0.1, 0.15) is 49.0 Å². The van der Waals surface area contributed by atoms with Crippen molar-refractivity contribution in [1.82, 2.24) is 14.9 Å². The first-order valence-corrected chi connectivity index (χ1v) is 12.9. The predicted octanol–water partition coefficient (Wildman–Crippen LogP) is 3.59.